The molecule has 2 amide bonds. The maximum atomic E-state index is 12.6. The van der Waals surface area contributed by atoms with E-state index in [9.17, 15) is 9.59 Å². The number of hydrogen-bond acceptors (Lipinski definition) is 3. The van der Waals surface area contributed by atoms with Crippen LogP contribution in [0.1, 0.15) is 19.3 Å². The smallest absolute Gasteiger partial charge is 0.231 e. The summed E-state index contributed by atoms with van der Waals surface area (Å²) in [5.74, 6) is -0.331. The molecule has 2 rings (SSSR count). The van der Waals surface area contributed by atoms with Gasteiger partial charge in [0.25, 0.3) is 0 Å². The zero-order valence-electron chi connectivity index (χ0n) is 12.0. The SMILES string of the molecule is Cl.NC(=O)CCN(C(=O)C1CCCNC1)c1ccccc1. The average molecular weight is 312 g/mol. The molecule has 0 bridgehead atoms. The van der Waals surface area contributed by atoms with Crippen molar-refractivity contribution in [2.24, 2.45) is 11.7 Å². The van der Waals surface area contributed by atoms with E-state index in [0.29, 0.717) is 13.1 Å². The Labute approximate surface area is 131 Å². The van der Waals surface area contributed by atoms with Crippen molar-refractivity contribution in [3.05, 3.63) is 30.3 Å². The van der Waals surface area contributed by atoms with E-state index in [1.807, 2.05) is 30.3 Å². The lowest BCUT2D eigenvalue weighted by atomic mass is 9.97. The molecule has 1 fully saturated rings. The molecule has 0 saturated carbocycles. The van der Waals surface area contributed by atoms with Gasteiger partial charge in [-0.05, 0) is 31.5 Å². The van der Waals surface area contributed by atoms with Crippen molar-refractivity contribution in [1.82, 2.24) is 5.32 Å². The Balaban J connectivity index is 0.00000220. The molecule has 1 aliphatic heterocycles. The van der Waals surface area contributed by atoms with Gasteiger partial charge < -0.3 is 16.0 Å². The van der Waals surface area contributed by atoms with E-state index in [2.05, 4.69) is 5.32 Å². The van der Waals surface area contributed by atoms with Crippen molar-refractivity contribution in [3.8, 4) is 0 Å². The standard InChI is InChI=1S/C15H21N3O2.ClH/c16-14(19)8-10-18(13-6-2-1-3-7-13)15(20)12-5-4-9-17-11-12;/h1-3,6-7,12,17H,4-5,8-11H2,(H2,16,19);1H. The zero-order chi connectivity index (χ0) is 14.4. The van der Waals surface area contributed by atoms with Gasteiger partial charge in [-0.15, -0.1) is 12.4 Å². The Kier molecular flexibility index (Phi) is 7.19. The summed E-state index contributed by atoms with van der Waals surface area (Å²) in [5, 5.41) is 3.25. The number of hydrogen-bond donors (Lipinski definition) is 2. The fraction of sp³-hybridized carbons (Fsp3) is 0.467. The summed E-state index contributed by atoms with van der Waals surface area (Å²) in [6.07, 6.45) is 2.08. The number of para-hydroxylation sites is 1. The number of amides is 2. The van der Waals surface area contributed by atoms with Gasteiger partial charge in [0.05, 0.1) is 5.92 Å². The minimum absolute atomic E-state index is 0. The maximum absolute atomic E-state index is 12.6. The highest BCUT2D eigenvalue weighted by Crippen LogP contribution is 2.20. The first-order valence-electron chi connectivity index (χ1n) is 7.04. The Morgan fingerprint density at radius 3 is 2.57 bits per heavy atom. The van der Waals surface area contributed by atoms with Crippen LogP contribution in [0.3, 0.4) is 0 Å². The summed E-state index contributed by atoms with van der Waals surface area (Å²) in [6, 6.07) is 9.45. The minimum atomic E-state index is -0.388. The molecular weight excluding hydrogens is 290 g/mol. The lowest BCUT2D eigenvalue weighted by Gasteiger charge is -2.29. The first kappa shape index (κ1) is 17.5. The van der Waals surface area contributed by atoms with Crippen molar-refractivity contribution in [2.45, 2.75) is 19.3 Å². The van der Waals surface area contributed by atoms with E-state index in [1.165, 1.54) is 0 Å². The van der Waals surface area contributed by atoms with Crippen LogP contribution in [0.15, 0.2) is 30.3 Å². The molecule has 0 aromatic heterocycles. The van der Waals surface area contributed by atoms with Gasteiger partial charge in [-0.25, -0.2) is 0 Å². The molecule has 0 radical (unpaired) electrons. The molecule has 0 aliphatic carbocycles. The zero-order valence-corrected chi connectivity index (χ0v) is 12.8. The van der Waals surface area contributed by atoms with Crippen LogP contribution in [-0.2, 0) is 9.59 Å². The third-order valence-electron chi connectivity index (χ3n) is 3.56. The highest BCUT2D eigenvalue weighted by atomic mass is 35.5. The molecule has 1 aromatic rings. The van der Waals surface area contributed by atoms with Gasteiger partial charge in [-0.1, -0.05) is 18.2 Å². The van der Waals surface area contributed by atoms with E-state index < -0.39 is 0 Å². The first-order chi connectivity index (χ1) is 9.68. The van der Waals surface area contributed by atoms with Crippen LogP contribution in [-0.4, -0.2) is 31.4 Å². The monoisotopic (exact) mass is 311 g/mol. The van der Waals surface area contributed by atoms with Crippen molar-refractivity contribution in [1.29, 1.82) is 0 Å². The summed E-state index contributed by atoms with van der Waals surface area (Å²) in [6.45, 7) is 2.02. The van der Waals surface area contributed by atoms with E-state index in [-0.39, 0.29) is 36.6 Å². The number of carbonyl (C=O) groups excluding carboxylic acids is 2. The molecule has 116 valence electrons. The number of nitrogens with zero attached hydrogens (tertiary/aromatic N) is 1. The number of rotatable bonds is 5. The van der Waals surface area contributed by atoms with Crippen LogP contribution in [0.2, 0.25) is 0 Å². The Bertz CT molecular complexity index is 461. The second-order valence-corrected chi connectivity index (χ2v) is 5.09. The topological polar surface area (TPSA) is 75.4 Å². The van der Waals surface area contributed by atoms with Crippen LogP contribution >= 0.6 is 12.4 Å². The van der Waals surface area contributed by atoms with Gasteiger partial charge in [0, 0.05) is 25.2 Å². The second kappa shape index (κ2) is 8.64. The van der Waals surface area contributed by atoms with Gasteiger partial charge in [0.2, 0.25) is 11.8 Å². The normalized spacial score (nSPS) is 17.6. The van der Waals surface area contributed by atoms with Crippen LogP contribution < -0.4 is 16.0 Å². The lowest BCUT2D eigenvalue weighted by Crippen LogP contribution is -2.44. The number of carbonyl (C=O) groups is 2. The Morgan fingerprint density at radius 2 is 2.00 bits per heavy atom. The number of benzene rings is 1. The predicted molar refractivity (Wildman–Crippen MR) is 85.4 cm³/mol. The van der Waals surface area contributed by atoms with Crippen molar-refractivity contribution < 1.29 is 9.59 Å². The van der Waals surface area contributed by atoms with Gasteiger partial charge >= 0.3 is 0 Å². The third kappa shape index (κ3) is 5.02. The predicted octanol–water partition coefficient (Wildman–Crippen LogP) is 1.32. The number of piperidine rings is 1. The minimum Gasteiger partial charge on any atom is -0.370 e. The highest BCUT2D eigenvalue weighted by molar-refractivity contribution is 5.95. The molecule has 21 heavy (non-hydrogen) atoms. The van der Waals surface area contributed by atoms with E-state index >= 15 is 0 Å². The van der Waals surface area contributed by atoms with Crippen LogP contribution in [0.5, 0.6) is 0 Å². The maximum Gasteiger partial charge on any atom is 0.231 e. The van der Waals surface area contributed by atoms with Crippen LogP contribution in [0, 0.1) is 5.92 Å². The molecule has 6 heteroatoms. The van der Waals surface area contributed by atoms with E-state index in [1.54, 1.807) is 4.90 Å². The number of nitrogens with one attached hydrogen (secondary N) is 1. The van der Waals surface area contributed by atoms with E-state index in [0.717, 1.165) is 25.1 Å². The molecule has 0 spiro atoms. The van der Waals surface area contributed by atoms with Gasteiger partial charge in [-0.2, -0.15) is 0 Å². The number of anilines is 1. The van der Waals surface area contributed by atoms with Crippen molar-refractivity contribution in [2.75, 3.05) is 24.5 Å². The number of halogens is 1. The molecule has 3 N–H and O–H groups in total. The molecule has 1 unspecified atom stereocenters. The van der Waals surface area contributed by atoms with Gasteiger partial charge in [-0.3, -0.25) is 9.59 Å². The number of nitrogens with two attached hydrogens (primary N) is 1. The van der Waals surface area contributed by atoms with Gasteiger partial charge in [0.15, 0.2) is 0 Å². The largest absolute Gasteiger partial charge is 0.370 e. The Hall–Kier alpha value is -1.59. The third-order valence-corrected chi connectivity index (χ3v) is 3.56. The van der Waals surface area contributed by atoms with Crippen LogP contribution in [0.25, 0.3) is 0 Å². The molecule has 1 aromatic carbocycles. The van der Waals surface area contributed by atoms with E-state index in [4.69, 9.17) is 5.73 Å². The molecular formula is C15H22ClN3O2. The van der Waals surface area contributed by atoms with Crippen molar-refractivity contribution in [3.63, 3.8) is 0 Å². The quantitative estimate of drug-likeness (QED) is 0.861. The molecule has 1 aliphatic rings. The molecule has 1 atom stereocenters. The summed E-state index contributed by atoms with van der Waals surface area (Å²) >= 11 is 0. The summed E-state index contributed by atoms with van der Waals surface area (Å²) in [5.41, 5.74) is 6.03. The summed E-state index contributed by atoms with van der Waals surface area (Å²) in [7, 11) is 0. The van der Waals surface area contributed by atoms with Crippen LogP contribution in [0.4, 0.5) is 5.69 Å². The fourth-order valence-corrected chi connectivity index (χ4v) is 2.48. The van der Waals surface area contributed by atoms with Gasteiger partial charge in [0.1, 0.15) is 0 Å². The molecule has 1 saturated heterocycles. The summed E-state index contributed by atoms with van der Waals surface area (Å²) in [4.78, 5) is 25.3. The first-order valence-corrected chi connectivity index (χ1v) is 7.04. The Morgan fingerprint density at radius 1 is 1.29 bits per heavy atom. The second-order valence-electron chi connectivity index (χ2n) is 5.09. The van der Waals surface area contributed by atoms with Crippen molar-refractivity contribution >= 4 is 29.9 Å². The highest BCUT2D eigenvalue weighted by Gasteiger charge is 2.26. The number of primary amides is 1. The molecule has 5 nitrogen and oxygen atoms in total. The average Bonchev–Trinajstić information content (AvgIpc) is 2.49. The lowest BCUT2D eigenvalue weighted by molar-refractivity contribution is -0.123. The fourth-order valence-electron chi connectivity index (χ4n) is 2.48. The molecule has 1 heterocycles. The summed E-state index contributed by atoms with van der Waals surface area (Å²) < 4.78 is 0.